The van der Waals surface area contributed by atoms with Crippen LogP contribution in [0.1, 0.15) is 34.6 Å². The highest BCUT2D eigenvalue weighted by atomic mass is 16.6. The van der Waals surface area contributed by atoms with Crippen LogP contribution in [0.5, 0.6) is 0 Å². The number of benzene rings is 1. The van der Waals surface area contributed by atoms with Crippen LogP contribution in [0.25, 0.3) is 0 Å². The fourth-order valence-electron chi connectivity index (χ4n) is 1.77. The van der Waals surface area contributed by atoms with E-state index < -0.39 is 28.1 Å². The lowest BCUT2D eigenvalue weighted by Crippen LogP contribution is -2.31. The molecule has 1 aromatic carbocycles. The van der Waals surface area contributed by atoms with Gasteiger partial charge in [-0.15, -0.1) is 0 Å². The van der Waals surface area contributed by atoms with Crippen LogP contribution in [0.2, 0.25) is 0 Å². The highest BCUT2D eigenvalue weighted by Gasteiger charge is 2.29. The molecule has 1 rings (SSSR count). The van der Waals surface area contributed by atoms with Gasteiger partial charge in [0.25, 0.3) is 11.6 Å². The molecule has 0 unspecified atom stereocenters. The van der Waals surface area contributed by atoms with Crippen LogP contribution in [0, 0.1) is 10.1 Å². The third-order valence-electron chi connectivity index (χ3n) is 2.73. The summed E-state index contributed by atoms with van der Waals surface area (Å²) in [5.74, 6) is -1.97. The second-order valence-electron chi connectivity index (χ2n) is 3.74. The van der Waals surface area contributed by atoms with Gasteiger partial charge in [-0.2, -0.15) is 0 Å². The van der Waals surface area contributed by atoms with Gasteiger partial charge in [-0.05, 0) is 26.0 Å². The first kappa shape index (κ1) is 14.6. The van der Waals surface area contributed by atoms with Gasteiger partial charge in [-0.3, -0.25) is 14.9 Å². The zero-order valence-corrected chi connectivity index (χ0v) is 10.6. The molecule has 1 amide bonds. The number of rotatable bonds is 5. The van der Waals surface area contributed by atoms with Crippen LogP contribution in [-0.2, 0) is 0 Å². The molecule has 102 valence electrons. The van der Waals surface area contributed by atoms with Crippen LogP contribution in [0.4, 0.5) is 5.69 Å². The Balaban J connectivity index is 3.43. The molecule has 1 aromatic rings. The van der Waals surface area contributed by atoms with Crippen molar-refractivity contribution in [2.45, 2.75) is 13.8 Å². The molecular weight excluding hydrogens is 252 g/mol. The highest BCUT2D eigenvalue weighted by molar-refractivity contribution is 6.03. The lowest BCUT2D eigenvalue weighted by atomic mass is 10.1. The predicted octanol–water partition coefficient (Wildman–Crippen LogP) is 1.78. The van der Waals surface area contributed by atoms with Crippen molar-refractivity contribution in [1.29, 1.82) is 0 Å². The number of nitrogens with zero attached hydrogens (tertiary/aromatic N) is 2. The van der Waals surface area contributed by atoms with Crippen LogP contribution in [0.3, 0.4) is 0 Å². The number of amides is 1. The van der Waals surface area contributed by atoms with Crippen molar-refractivity contribution >= 4 is 17.6 Å². The number of nitro groups is 1. The van der Waals surface area contributed by atoms with Crippen molar-refractivity contribution in [1.82, 2.24) is 4.90 Å². The fraction of sp³-hybridized carbons (Fsp3) is 0.333. The topological polar surface area (TPSA) is 101 Å². The largest absolute Gasteiger partial charge is 0.477 e. The van der Waals surface area contributed by atoms with E-state index in [1.54, 1.807) is 13.8 Å². The van der Waals surface area contributed by atoms with E-state index in [0.717, 1.165) is 6.07 Å². The number of hydrogen-bond donors (Lipinski definition) is 1. The van der Waals surface area contributed by atoms with Gasteiger partial charge in [0.15, 0.2) is 0 Å². The standard InChI is InChI=1S/C12H14N2O5/c1-3-13(4-2)11(15)8-6-5-7-9(12(16)17)10(8)14(18)19/h5-7H,3-4H2,1-2H3,(H,16,17). The number of hydrogen-bond acceptors (Lipinski definition) is 4. The van der Waals surface area contributed by atoms with Gasteiger partial charge in [-0.1, -0.05) is 6.07 Å². The average Bonchev–Trinajstić information content (AvgIpc) is 2.38. The molecule has 0 fully saturated rings. The minimum absolute atomic E-state index is 0.200. The molecule has 0 aliphatic carbocycles. The molecule has 0 aromatic heterocycles. The van der Waals surface area contributed by atoms with Crippen molar-refractivity contribution in [3.63, 3.8) is 0 Å². The van der Waals surface area contributed by atoms with Crippen molar-refractivity contribution in [3.05, 3.63) is 39.4 Å². The number of carbonyl (C=O) groups excluding carboxylic acids is 1. The molecule has 19 heavy (non-hydrogen) atoms. The monoisotopic (exact) mass is 266 g/mol. The number of aromatic carboxylic acids is 1. The van der Waals surface area contributed by atoms with E-state index in [4.69, 9.17) is 5.11 Å². The molecule has 1 N–H and O–H groups in total. The Morgan fingerprint density at radius 2 is 1.79 bits per heavy atom. The Morgan fingerprint density at radius 3 is 2.21 bits per heavy atom. The highest BCUT2D eigenvalue weighted by Crippen LogP contribution is 2.25. The normalized spacial score (nSPS) is 10.0. The number of carboxylic acids is 1. The molecular formula is C12H14N2O5. The Labute approximate surface area is 109 Å². The van der Waals surface area contributed by atoms with Crippen molar-refractivity contribution in [3.8, 4) is 0 Å². The first-order chi connectivity index (χ1) is 8.93. The van der Waals surface area contributed by atoms with E-state index in [1.807, 2.05) is 0 Å². The van der Waals surface area contributed by atoms with Gasteiger partial charge in [0.05, 0.1) is 4.92 Å². The molecule has 7 heteroatoms. The van der Waals surface area contributed by atoms with Crippen LogP contribution in [0.15, 0.2) is 18.2 Å². The first-order valence-electron chi connectivity index (χ1n) is 5.73. The summed E-state index contributed by atoms with van der Waals surface area (Å²) in [5.41, 5.74) is -1.34. The van der Waals surface area contributed by atoms with E-state index in [2.05, 4.69) is 0 Å². The Hall–Kier alpha value is -2.44. The van der Waals surface area contributed by atoms with Gasteiger partial charge in [-0.25, -0.2) is 4.79 Å². The number of para-hydroxylation sites is 1. The van der Waals surface area contributed by atoms with Crippen molar-refractivity contribution in [2.75, 3.05) is 13.1 Å². The summed E-state index contributed by atoms with van der Waals surface area (Å²) < 4.78 is 0. The summed E-state index contributed by atoms with van der Waals surface area (Å²) in [6.07, 6.45) is 0. The maximum Gasteiger partial charge on any atom is 0.342 e. The van der Waals surface area contributed by atoms with E-state index in [-0.39, 0.29) is 5.56 Å². The van der Waals surface area contributed by atoms with Gasteiger partial charge in [0.2, 0.25) is 0 Å². The van der Waals surface area contributed by atoms with E-state index in [1.165, 1.54) is 17.0 Å². The zero-order valence-electron chi connectivity index (χ0n) is 10.6. The predicted molar refractivity (Wildman–Crippen MR) is 67.3 cm³/mol. The Morgan fingerprint density at radius 1 is 1.26 bits per heavy atom. The summed E-state index contributed by atoms with van der Waals surface area (Å²) in [6.45, 7) is 4.27. The lowest BCUT2D eigenvalue weighted by molar-refractivity contribution is -0.385. The summed E-state index contributed by atoms with van der Waals surface area (Å²) >= 11 is 0. The van der Waals surface area contributed by atoms with Gasteiger partial charge in [0, 0.05) is 13.1 Å². The fourth-order valence-corrected chi connectivity index (χ4v) is 1.77. The average molecular weight is 266 g/mol. The minimum atomic E-state index is -1.43. The first-order valence-corrected chi connectivity index (χ1v) is 5.73. The quantitative estimate of drug-likeness (QED) is 0.646. The zero-order chi connectivity index (χ0) is 14.6. The van der Waals surface area contributed by atoms with Gasteiger partial charge < -0.3 is 10.0 Å². The smallest absolute Gasteiger partial charge is 0.342 e. The number of carboxylic acid groups (broad SMARTS) is 1. The number of carbonyl (C=O) groups is 2. The second-order valence-corrected chi connectivity index (χ2v) is 3.74. The molecule has 0 aliphatic rings. The molecule has 7 nitrogen and oxygen atoms in total. The second kappa shape index (κ2) is 5.94. The molecule has 0 bridgehead atoms. The summed E-state index contributed by atoms with van der Waals surface area (Å²) in [7, 11) is 0. The van der Waals surface area contributed by atoms with Crippen molar-refractivity contribution < 1.29 is 19.6 Å². The molecule has 0 aliphatic heterocycles. The third-order valence-corrected chi connectivity index (χ3v) is 2.73. The van der Waals surface area contributed by atoms with E-state index >= 15 is 0 Å². The molecule has 0 saturated heterocycles. The molecule has 0 spiro atoms. The van der Waals surface area contributed by atoms with Crippen molar-refractivity contribution in [2.24, 2.45) is 0 Å². The molecule has 0 atom stereocenters. The van der Waals surface area contributed by atoms with E-state index in [9.17, 15) is 19.7 Å². The maximum absolute atomic E-state index is 12.1. The van der Waals surface area contributed by atoms with Crippen LogP contribution >= 0.6 is 0 Å². The third kappa shape index (κ3) is 2.87. The van der Waals surface area contributed by atoms with Crippen LogP contribution < -0.4 is 0 Å². The van der Waals surface area contributed by atoms with Crippen LogP contribution in [-0.4, -0.2) is 39.9 Å². The number of nitro benzene ring substituents is 1. The van der Waals surface area contributed by atoms with Gasteiger partial charge >= 0.3 is 5.97 Å². The summed E-state index contributed by atoms with van der Waals surface area (Å²) in [4.78, 5) is 34.7. The summed E-state index contributed by atoms with van der Waals surface area (Å²) in [5, 5.41) is 20.0. The molecule has 0 radical (unpaired) electrons. The lowest BCUT2D eigenvalue weighted by Gasteiger charge is -2.18. The Bertz CT molecular complexity index is 523. The Kier molecular flexibility index (Phi) is 4.57. The van der Waals surface area contributed by atoms with Gasteiger partial charge in [0.1, 0.15) is 11.1 Å². The maximum atomic E-state index is 12.1. The molecule has 0 saturated carbocycles. The van der Waals surface area contributed by atoms with E-state index in [0.29, 0.717) is 13.1 Å². The molecule has 0 heterocycles. The summed E-state index contributed by atoms with van der Waals surface area (Å²) in [6, 6.07) is 3.71. The SMILES string of the molecule is CCN(CC)C(=O)c1cccc(C(=O)O)c1[N+](=O)[O-]. The minimum Gasteiger partial charge on any atom is -0.477 e.